The summed E-state index contributed by atoms with van der Waals surface area (Å²) in [5, 5.41) is 0. The fourth-order valence-electron chi connectivity index (χ4n) is 0.973. The number of hydrogen-bond acceptors (Lipinski definition) is 1. The van der Waals surface area contributed by atoms with Gasteiger partial charge in [-0.2, -0.15) is 13.2 Å². The Hall–Kier alpha value is -1.54. The summed E-state index contributed by atoms with van der Waals surface area (Å²) in [6.45, 7) is 0.0404. The van der Waals surface area contributed by atoms with Crippen LogP contribution in [0.5, 0.6) is 0 Å². The Kier molecular flexibility index (Phi) is 3.32. The van der Waals surface area contributed by atoms with Crippen LogP contribution >= 0.6 is 0 Å². The van der Waals surface area contributed by atoms with E-state index < -0.39 is 17.6 Å². The van der Waals surface area contributed by atoms with Crippen LogP contribution in [0, 0.1) is 17.7 Å². The van der Waals surface area contributed by atoms with Crippen molar-refractivity contribution in [3.63, 3.8) is 0 Å². The van der Waals surface area contributed by atoms with Crippen LogP contribution in [-0.2, 0) is 6.18 Å². The van der Waals surface area contributed by atoms with E-state index in [0.29, 0.717) is 6.07 Å². The van der Waals surface area contributed by atoms with Gasteiger partial charge in [-0.1, -0.05) is 11.8 Å². The number of alkyl halides is 3. The summed E-state index contributed by atoms with van der Waals surface area (Å²) in [6.07, 6.45) is -4.70. The Bertz CT molecular complexity index is 412. The highest BCUT2D eigenvalue weighted by Gasteiger charge is 2.34. The van der Waals surface area contributed by atoms with Gasteiger partial charge in [0.25, 0.3) is 0 Å². The van der Waals surface area contributed by atoms with Crippen molar-refractivity contribution in [3.8, 4) is 11.8 Å². The summed E-state index contributed by atoms with van der Waals surface area (Å²) >= 11 is 0. The van der Waals surface area contributed by atoms with E-state index in [1.54, 1.807) is 0 Å². The van der Waals surface area contributed by atoms with Crippen molar-refractivity contribution in [2.24, 2.45) is 5.73 Å². The Morgan fingerprint density at radius 1 is 1.27 bits per heavy atom. The smallest absolute Gasteiger partial charge is 0.320 e. The predicted octanol–water partition coefficient (Wildman–Crippen LogP) is 2.15. The van der Waals surface area contributed by atoms with E-state index in [2.05, 4.69) is 11.8 Å². The topological polar surface area (TPSA) is 26.0 Å². The molecule has 0 heterocycles. The molecule has 0 amide bonds. The van der Waals surface area contributed by atoms with Crippen molar-refractivity contribution in [2.45, 2.75) is 6.18 Å². The highest BCUT2D eigenvalue weighted by atomic mass is 19.4. The SMILES string of the molecule is NCC#Cc1ccc(F)c(C(F)(F)F)c1. The molecular formula is C10H7F4N. The van der Waals surface area contributed by atoms with Gasteiger partial charge in [0.1, 0.15) is 5.82 Å². The van der Waals surface area contributed by atoms with Crippen LogP contribution in [0.2, 0.25) is 0 Å². The van der Waals surface area contributed by atoms with Crippen LogP contribution in [-0.4, -0.2) is 6.54 Å². The molecule has 0 spiro atoms. The lowest BCUT2D eigenvalue weighted by Crippen LogP contribution is -2.08. The molecule has 0 radical (unpaired) electrons. The fraction of sp³-hybridized carbons (Fsp3) is 0.200. The Labute approximate surface area is 83.9 Å². The second-order valence-electron chi connectivity index (χ2n) is 2.70. The molecule has 0 aliphatic heterocycles. The molecule has 0 bridgehead atoms. The normalized spacial score (nSPS) is 10.7. The molecular weight excluding hydrogens is 210 g/mol. The zero-order valence-corrected chi connectivity index (χ0v) is 7.53. The lowest BCUT2D eigenvalue weighted by Gasteiger charge is -2.07. The van der Waals surface area contributed by atoms with E-state index in [9.17, 15) is 17.6 Å². The van der Waals surface area contributed by atoms with Gasteiger partial charge in [0.2, 0.25) is 0 Å². The second-order valence-corrected chi connectivity index (χ2v) is 2.70. The molecule has 0 saturated heterocycles. The molecule has 0 aliphatic carbocycles. The molecule has 0 aliphatic rings. The monoisotopic (exact) mass is 217 g/mol. The molecule has 0 saturated carbocycles. The Balaban J connectivity index is 3.17. The van der Waals surface area contributed by atoms with Crippen LogP contribution in [0.25, 0.3) is 0 Å². The highest BCUT2D eigenvalue weighted by molar-refractivity contribution is 5.38. The summed E-state index contributed by atoms with van der Waals surface area (Å²) in [7, 11) is 0. The van der Waals surface area contributed by atoms with Gasteiger partial charge in [-0.05, 0) is 18.2 Å². The first-order valence-electron chi connectivity index (χ1n) is 4.01. The summed E-state index contributed by atoms with van der Waals surface area (Å²) < 4.78 is 49.5. The molecule has 1 aromatic carbocycles. The first-order valence-corrected chi connectivity index (χ1v) is 4.01. The number of rotatable bonds is 0. The summed E-state index contributed by atoms with van der Waals surface area (Å²) in [5.74, 6) is 3.49. The van der Waals surface area contributed by atoms with Crippen molar-refractivity contribution in [1.82, 2.24) is 0 Å². The van der Waals surface area contributed by atoms with Gasteiger partial charge in [-0.25, -0.2) is 4.39 Å². The fourth-order valence-corrected chi connectivity index (χ4v) is 0.973. The maximum Gasteiger partial charge on any atom is 0.419 e. The number of hydrogen-bond donors (Lipinski definition) is 1. The molecule has 1 rings (SSSR count). The lowest BCUT2D eigenvalue weighted by molar-refractivity contribution is -0.140. The molecule has 1 nitrogen and oxygen atoms in total. The van der Waals surface area contributed by atoms with Crippen molar-refractivity contribution in [2.75, 3.05) is 6.54 Å². The molecule has 1 aromatic rings. The summed E-state index contributed by atoms with van der Waals surface area (Å²) in [5.41, 5.74) is 3.84. The molecule has 15 heavy (non-hydrogen) atoms. The van der Waals surface area contributed by atoms with Crippen LogP contribution in [0.4, 0.5) is 17.6 Å². The largest absolute Gasteiger partial charge is 0.419 e. The van der Waals surface area contributed by atoms with E-state index in [1.807, 2.05) is 0 Å². The molecule has 0 atom stereocenters. The zero-order chi connectivity index (χ0) is 11.5. The molecule has 80 valence electrons. The van der Waals surface area contributed by atoms with Crippen molar-refractivity contribution < 1.29 is 17.6 Å². The lowest BCUT2D eigenvalue weighted by atomic mass is 10.1. The van der Waals surface area contributed by atoms with Gasteiger partial charge in [-0.3, -0.25) is 0 Å². The van der Waals surface area contributed by atoms with Crippen molar-refractivity contribution in [3.05, 3.63) is 35.1 Å². The van der Waals surface area contributed by atoms with E-state index in [0.717, 1.165) is 6.07 Å². The van der Waals surface area contributed by atoms with Crippen LogP contribution < -0.4 is 5.73 Å². The minimum absolute atomic E-state index is 0.0404. The summed E-state index contributed by atoms with van der Waals surface area (Å²) in [4.78, 5) is 0. The number of halogens is 4. The van der Waals surface area contributed by atoms with Gasteiger partial charge < -0.3 is 5.73 Å². The average molecular weight is 217 g/mol. The predicted molar refractivity (Wildman–Crippen MR) is 47.3 cm³/mol. The van der Waals surface area contributed by atoms with Gasteiger partial charge in [0, 0.05) is 5.56 Å². The minimum Gasteiger partial charge on any atom is -0.320 e. The third-order valence-corrected chi connectivity index (χ3v) is 1.61. The van der Waals surface area contributed by atoms with Gasteiger partial charge in [0.05, 0.1) is 12.1 Å². The quantitative estimate of drug-likeness (QED) is 0.523. The van der Waals surface area contributed by atoms with Crippen molar-refractivity contribution in [1.29, 1.82) is 0 Å². The second kappa shape index (κ2) is 4.32. The Morgan fingerprint density at radius 2 is 1.93 bits per heavy atom. The van der Waals surface area contributed by atoms with E-state index in [-0.39, 0.29) is 12.1 Å². The Morgan fingerprint density at radius 3 is 2.47 bits per heavy atom. The highest BCUT2D eigenvalue weighted by Crippen LogP contribution is 2.31. The first kappa shape index (κ1) is 11.5. The molecule has 0 aromatic heterocycles. The molecule has 0 unspecified atom stereocenters. The van der Waals surface area contributed by atoms with Crippen LogP contribution in [0.1, 0.15) is 11.1 Å². The molecule has 0 fully saturated rings. The average Bonchev–Trinajstić information content (AvgIpc) is 2.15. The third kappa shape index (κ3) is 2.96. The first-order chi connectivity index (χ1) is 6.95. The maximum atomic E-state index is 12.8. The maximum absolute atomic E-state index is 12.8. The van der Waals surface area contributed by atoms with E-state index >= 15 is 0 Å². The van der Waals surface area contributed by atoms with E-state index in [1.165, 1.54) is 6.07 Å². The molecule has 2 N–H and O–H groups in total. The third-order valence-electron chi connectivity index (χ3n) is 1.61. The van der Waals surface area contributed by atoms with Crippen LogP contribution in [0.15, 0.2) is 18.2 Å². The number of benzene rings is 1. The van der Waals surface area contributed by atoms with Crippen molar-refractivity contribution >= 4 is 0 Å². The van der Waals surface area contributed by atoms with Gasteiger partial charge >= 0.3 is 6.18 Å². The minimum atomic E-state index is -4.70. The van der Waals surface area contributed by atoms with Gasteiger partial charge in [0.15, 0.2) is 0 Å². The zero-order valence-electron chi connectivity index (χ0n) is 7.53. The summed E-state index contributed by atoms with van der Waals surface area (Å²) in [6, 6.07) is 2.58. The number of nitrogens with two attached hydrogens (primary N) is 1. The standard InChI is InChI=1S/C10H7F4N/c11-9-4-3-7(2-1-5-15)6-8(9)10(12,13)14/h3-4,6H,5,15H2. The van der Waals surface area contributed by atoms with Gasteiger partial charge in [-0.15, -0.1) is 0 Å². The molecule has 5 heteroatoms. The van der Waals surface area contributed by atoms with Crippen LogP contribution in [0.3, 0.4) is 0 Å². The van der Waals surface area contributed by atoms with E-state index in [4.69, 9.17) is 5.73 Å².